The van der Waals surface area contributed by atoms with Crippen LogP contribution in [-0.4, -0.2) is 48.2 Å². The number of hydrogen-bond acceptors (Lipinski definition) is 12. The molecule has 0 unspecified atom stereocenters. The summed E-state index contributed by atoms with van der Waals surface area (Å²) in [5.41, 5.74) is 0.383. The van der Waals surface area contributed by atoms with Crippen LogP contribution in [0.4, 0.5) is 0 Å². The lowest BCUT2D eigenvalue weighted by Crippen LogP contribution is -2.03. The molecule has 0 fully saturated rings. The molecule has 198 valence electrons. The molecule has 1 aromatic heterocycles. The number of benzene rings is 3. The van der Waals surface area contributed by atoms with E-state index in [0.29, 0.717) is 0 Å². The van der Waals surface area contributed by atoms with Crippen LogP contribution in [0.1, 0.15) is 20.8 Å². The first-order chi connectivity index (χ1) is 18.5. The second-order valence-corrected chi connectivity index (χ2v) is 8.12. The average molecular weight is 531 g/mol. The molecule has 3 aromatic carbocycles. The Labute approximate surface area is 221 Å². The Morgan fingerprint density at radius 2 is 0.769 bits per heavy atom. The van der Waals surface area contributed by atoms with Gasteiger partial charge in [0, 0.05) is 39.0 Å². The molecule has 0 aliphatic heterocycles. The third-order valence-electron chi connectivity index (χ3n) is 5.05. The highest BCUT2D eigenvalue weighted by Gasteiger charge is 2.20. The fourth-order valence-corrected chi connectivity index (χ4v) is 3.53. The Balaban J connectivity index is 1.88. The van der Waals surface area contributed by atoms with Gasteiger partial charge in [0.1, 0.15) is 34.5 Å². The molecule has 4 rings (SSSR count). The fourth-order valence-electron chi connectivity index (χ4n) is 3.53. The number of carbonyl (C=O) groups is 3. The number of rotatable bonds is 6. The van der Waals surface area contributed by atoms with Crippen LogP contribution in [0.2, 0.25) is 0 Å². The van der Waals surface area contributed by atoms with Gasteiger partial charge in [-0.2, -0.15) is 0 Å². The van der Waals surface area contributed by atoms with Gasteiger partial charge >= 0.3 is 17.9 Å². The van der Waals surface area contributed by atoms with Crippen molar-refractivity contribution < 1.29 is 43.9 Å². The topological polar surface area (TPSA) is 178 Å². The zero-order valence-corrected chi connectivity index (χ0v) is 20.8. The fraction of sp³-hybridized carbons (Fsp3) is 0.111. The number of aromatic nitrogens is 3. The van der Waals surface area contributed by atoms with Gasteiger partial charge in [0.2, 0.25) is 0 Å². The van der Waals surface area contributed by atoms with Crippen molar-refractivity contribution in [3.63, 3.8) is 0 Å². The van der Waals surface area contributed by atoms with Crippen molar-refractivity contribution in [2.45, 2.75) is 20.8 Å². The van der Waals surface area contributed by atoms with E-state index in [4.69, 9.17) is 14.2 Å². The summed E-state index contributed by atoms with van der Waals surface area (Å²) in [6.07, 6.45) is 0. The summed E-state index contributed by atoms with van der Waals surface area (Å²) in [5, 5.41) is 31.9. The summed E-state index contributed by atoms with van der Waals surface area (Å²) < 4.78 is 15.0. The summed E-state index contributed by atoms with van der Waals surface area (Å²) in [7, 11) is 0. The van der Waals surface area contributed by atoms with E-state index < -0.39 is 17.9 Å². The van der Waals surface area contributed by atoms with Crippen molar-refractivity contribution in [1.82, 2.24) is 15.0 Å². The van der Waals surface area contributed by atoms with Gasteiger partial charge in [-0.05, 0) is 36.4 Å². The van der Waals surface area contributed by atoms with E-state index in [1.807, 2.05) is 0 Å². The van der Waals surface area contributed by atoms with Gasteiger partial charge in [-0.1, -0.05) is 0 Å². The van der Waals surface area contributed by atoms with Gasteiger partial charge < -0.3 is 29.5 Å². The van der Waals surface area contributed by atoms with Crippen LogP contribution in [-0.2, 0) is 14.4 Å². The Bertz CT molecular complexity index is 1420. The van der Waals surface area contributed by atoms with E-state index in [2.05, 4.69) is 15.0 Å². The number of ether oxygens (including phenoxy) is 3. The highest BCUT2D eigenvalue weighted by Crippen LogP contribution is 2.37. The molecule has 39 heavy (non-hydrogen) atoms. The van der Waals surface area contributed by atoms with Crippen LogP contribution in [0, 0.1) is 0 Å². The standard InChI is InChI=1S/C27H21N3O9/c1-13(31)37-16-4-7-19(22(34)10-16)25-28-26(20-8-5-17(11-23(20)35)38-14(2)32)30-27(29-25)21-9-6-18(12-24(21)36)39-15(3)33/h4-12,34-36H,1-3H3. The molecule has 0 radical (unpaired) electrons. The summed E-state index contributed by atoms with van der Waals surface area (Å²) in [6, 6.07) is 12.2. The number of hydrogen-bond donors (Lipinski definition) is 3. The predicted octanol–water partition coefficient (Wildman–Crippen LogP) is 3.77. The maximum Gasteiger partial charge on any atom is 0.308 e. The molecular formula is C27H21N3O9. The maximum absolute atomic E-state index is 11.3. The van der Waals surface area contributed by atoms with Crippen LogP contribution in [0.25, 0.3) is 34.2 Å². The lowest BCUT2D eigenvalue weighted by Gasteiger charge is -2.12. The van der Waals surface area contributed by atoms with Crippen LogP contribution in [0.5, 0.6) is 34.5 Å². The quantitative estimate of drug-likeness (QED) is 0.243. The van der Waals surface area contributed by atoms with Gasteiger partial charge in [-0.3, -0.25) is 14.4 Å². The van der Waals surface area contributed by atoms with Crippen LogP contribution in [0.3, 0.4) is 0 Å². The van der Waals surface area contributed by atoms with Crippen molar-refractivity contribution in [2.75, 3.05) is 0 Å². The van der Waals surface area contributed by atoms with Crippen LogP contribution >= 0.6 is 0 Å². The van der Waals surface area contributed by atoms with Crippen molar-refractivity contribution >= 4 is 17.9 Å². The lowest BCUT2D eigenvalue weighted by molar-refractivity contribution is -0.132. The van der Waals surface area contributed by atoms with E-state index >= 15 is 0 Å². The second kappa shape index (κ2) is 10.8. The number of esters is 3. The number of phenolic OH excluding ortho intramolecular Hbond substituents is 3. The first-order valence-electron chi connectivity index (χ1n) is 11.3. The zero-order chi connectivity index (χ0) is 28.3. The van der Waals surface area contributed by atoms with Crippen molar-refractivity contribution in [2.24, 2.45) is 0 Å². The number of phenols is 3. The molecular weight excluding hydrogens is 510 g/mol. The van der Waals surface area contributed by atoms with Gasteiger partial charge in [-0.25, -0.2) is 15.0 Å². The van der Waals surface area contributed by atoms with E-state index in [9.17, 15) is 29.7 Å². The van der Waals surface area contributed by atoms with E-state index in [1.165, 1.54) is 75.4 Å². The molecule has 4 aromatic rings. The molecule has 0 aliphatic rings. The molecule has 0 atom stereocenters. The number of carbonyl (C=O) groups excluding carboxylic acids is 3. The molecule has 0 amide bonds. The van der Waals surface area contributed by atoms with Crippen molar-refractivity contribution in [3.8, 4) is 68.7 Å². The molecule has 12 nitrogen and oxygen atoms in total. The van der Waals surface area contributed by atoms with Gasteiger partial charge in [0.05, 0.1) is 16.7 Å². The second-order valence-electron chi connectivity index (χ2n) is 8.12. The molecule has 0 bridgehead atoms. The summed E-state index contributed by atoms with van der Waals surface area (Å²) in [5.74, 6) is -2.55. The summed E-state index contributed by atoms with van der Waals surface area (Å²) in [4.78, 5) is 47.0. The van der Waals surface area contributed by atoms with E-state index in [1.54, 1.807) is 0 Å². The Kier molecular flexibility index (Phi) is 7.38. The largest absolute Gasteiger partial charge is 0.507 e. The molecule has 0 saturated heterocycles. The van der Waals surface area contributed by atoms with Crippen LogP contribution < -0.4 is 14.2 Å². The first-order valence-corrected chi connectivity index (χ1v) is 11.3. The molecule has 3 N–H and O–H groups in total. The smallest absolute Gasteiger partial charge is 0.308 e. The molecule has 1 heterocycles. The summed E-state index contributed by atoms with van der Waals surface area (Å²) in [6.45, 7) is 3.65. The SMILES string of the molecule is CC(=O)Oc1ccc(-c2nc(-c3ccc(OC(C)=O)cc3O)nc(-c3ccc(OC(C)=O)cc3O)n2)c(O)c1. The van der Waals surface area contributed by atoms with Gasteiger partial charge in [-0.15, -0.1) is 0 Å². The minimum atomic E-state index is -0.577. The molecule has 0 aliphatic carbocycles. The predicted molar refractivity (Wildman–Crippen MR) is 135 cm³/mol. The van der Waals surface area contributed by atoms with E-state index in [0.717, 1.165) is 0 Å². The molecule has 0 saturated carbocycles. The Hall–Kier alpha value is -5.52. The lowest BCUT2D eigenvalue weighted by atomic mass is 10.1. The number of aromatic hydroxyl groups is 3. The average Bonchev–Trinajstić information content (AvgIpc) is 2.83. The minimum Gasteiger partial charge on any atom is -0.507 e. The van der Waals surface area contributed by atoms with E-state index in [-0.39, 0.29) is 68.7 Å². The van der Waals surface area contributed by atoms with Gasteiger partial charge in [0.15, 0.2) is 17.5 Å². The maximum atomic E-state index is 11.3. The first kappa shape index (κ1) is 26.5. The minimum absolute atomic E-state index is 0.0474. The zero-order valence-electron chi connectivity index (χ0n) is 20.8. The third-order valence-corrected chi connectivity index (χ3v) is 5.05. The molecule has 0 spiro atoms. The summed E-state index contributed by atoms with van der Waals surface area (Å²) >= 11 is 0. The van der Waals surface area contributed by atoms with Crippen molar-refractivity contribution in [3.05, 3.63) is 54.6 Å². The Morgan fingerprint density at radius 3 is 0.974 bits per heavy atom. The van der Waals surface area contributed by atoms with Gasteiger partial charge in [0.25, 0.3) is 0 Å². The third kappa shape index (κ3) is 6.25. The Morgan fingerprint density at radius 1 is 0.513 bits per heavy atom. The highest BCUT2D eigenvalue weighted by molar-refractivity contribution is 5.77. The highest BCUT2D eigenvalue weighted by atomic mass is 16.5. The molecule has 12 heteroatoms. The normalized spacial score (nSPS) is 10.5. The monoisotopic (exact) mass is 531 g/mol. The number of nitrogens with zero attached hydrogens (tertiary/aromatic N) is 3. The van der Waals surface area contributed by atoms with Crippen molar-refractivity contribution in [1.29, 1.82) is 0 Å². The van der Waals surface area contributed by atoms with Crippen LogP contribution in [0.15, 0.2) is 54.6 Å².